The summed E-state index contributed by atoms with van der Waals surface area (Å²) in [5, 5.41) is 8.86. The summed E-state index contributed by atoms with van der Waals surface area (Å²) in [6.07, 6.45) is 0.814. The fourth-order valence-corrected chi connectivity index (χ4v) is 1.93. The molecule has 0 saturated heterocycles. The first-order valence-electron chi connectivity index (χ1n) is 5.39. The van der Waals surface area contributed by atoms with Gasteiger partial charge < -0.3 is 9.84 Å². The molecular weight excluding hydrogens is 243 g/mol. The predicted octanol–water partition coefficient (Wildman–Crippen LogP) is 3.05. The molecule has 0 fully saturated rings. The molecule has 1 aromatic carbocycles. The quantitative estimate of drug-likeness (QED) is 0.764. The van der Waals surface area contributed by atoms with E-state index in [1.54, 1.807) is 11.8 Å². The number of carbonyl (C=O) groups is 1. The summed E-state index contributed by atoms with van der Waals surface area (Å²) in [6.45, 7) is 2.47. The summed E-state index contributed by atoms with van der Waals surface area (Å²) in [5.74, 6) is 0.0205. The van der Waals surface area contributed by atoms with Gasteiger partial charge in [0.1, 0.15) is 17.1 Å². The lowest BCUT2D eigenvalue weighted by atomic mass is 10.2. The lowest BCUT2D eigenvalue weighted by Gasteiger charge is -2.09. The Morgan fingerprint density at radius 2 is 2.29 bits per heavy atom. The van der Waals surface area contributed by atoms with Crippen LogP contribution in [-0.4, -0.2) is 29.2 Å². The van der Waals surface area contributed by atoms with E-state index >= 15 is 0 Å². The van der Waals surface area contributed by atoms with E-state index in [4.69, 9.17) is 9.84 Å². The van der Waals surface area contributed by atoms with Gasteiger partial charge in [-0.2, -0.15) is 11.8 Å². The number of hydrogen-bond acceptors (Lipinski definition) is 3. The zero-order valence-corrected chi connectivity index (χ0v) is 10.4. The summed E-state index contributed by atoms with van der Waals surface area (Å²) < 4.78 is 18.6. The molecule has 0 heterocycles. The molecule has 1 aromatic rings. The number of benzene rings is 1. The second-order valence-corrected chi connectivity index (χ2v) is 4.71. The van der Waals surface area contributed by atoms with Crippen molar-refractivity contribution in [2.75, 3.05) is 18.1 Å². The first-order chi connectivity index (χ1) is 8.16. The van der Waals surface area contributed by atoms with Crippen LogP contribution >= 0.6 is 11.8 Å². The molecule has 0 aliphatic rings. The highest BCUT2D eigenvalue weighted by Crippen LogP contribution is 2.21. The third kappa shape index (κ3) is 4.26. The number of halogens is 1. The van der Waals surface area contributed by atoms with E-state index < -0.39 is 17.3 Å². The molecule has 0 unspecified atom stereocenters. The van der Waals surface area contributed by atoms with Crippen LogP contribution in [0, 0.1) is 5.82 Å². The van der Waals surface area contributed by atoms with Gasteiger partial charge in [-0.05, 0) is 30.1 Å². The first kappa shape index (κ1) is 13.8. The van der Waals surface area contributed by atoms with Crippen molar-refractivity contribution in [3.63, 3.8) is 0 Å². The minimum Gasteiger partial charge on any atom is -0.493 e. The maximum absolute atomic E-state index is 13.3. The number of aromatic carboxylic acids is 1. The molecule has 0 bridgehead atoms. The van der Waals surface area contributed by atoms with Crippen molar-refractivity contribution < 1.29 is 19.0 Å². The molecule has 0 aliphatic carbocycles. The molecular formula is C12H15FO3S. The molecule has 0 radical (unpaired) electrons. The smallest absolute Gasteiger partial charge is 0.342 e. The maximum atomic E-state index is 13.3. The van der Waals surface area contributed by atoms with Gasteiger partial charge in [0.2, 0.25) is 0 Å². The minimum atomic E-state index is -1.30. The van der Waals surface area contributed by atoms with Gasteiger partial charge >= 0.3 is 5.97 Å². The number of rotatable bonds is 7. The van der Waals surface area contributed by atoms with Crippen LogP contribution in [0.3, 0.4) is 0 Å². The Bertz CT molecular complexity index is 382. The van der Waals surface area contributed by atoms with E-state index in [2.05, 4.69) is 6.92 Å². The van der Waals surface area contributed by atoms with Gasteiger partial charge in [-0.1, -0.05) is 13.0 Å². The summed E-state index contributed by atoms with van der Waals surface area (Å²) >= 11 is 1.79. The van der Waals surface area contributed by atoms with Crippen LogP contribution in [0.15, 0.2) is 18.2 Å². The highest BCUT2D eigenvalue weighted by molar-refractivity contribution is 7.99. The van der Waals surface area contributed by atoms with Gasteiger partial charge in [0.05, 0.1) is 6.61 Å². The zero-order valence-electron chi connectivity index (χ0n) is 9.61. The average Bonchev–Trinajstić information content (AvgIpc) is 2.28. The van der Waals surface area contributed by atoms with Crippen LogP contribution in [0.1, 0.15) is 23.7 Å². The van der Waals surface area contributed by atoms with Crippen LogP contribution in [-0.2, 0) is 0 Å². The first-order valence-corrected chi connectivity index (χ1v) is 6.54. The average molecular weight is 258 g/mol. The van der Waals surface area contributed by atoms with Crippen molar-refractivity contribution in [1.29, 1.82) is 0 Å². The molecule has 94 valence electrons. The van der Waals surface area contributed by atoms with Crippen molar-refractivity contribution in [2.24, 2.45) is 0 Å². The Balaban J connectivity index is 2.58. The summed E-state index contributed by atoms with van der Waals surface area (Å²) in [4.78, 5) is 10.9. The highest BCUT2D eigenvalue weighted by Gasteiger charge is 2.16. The number of carboxylic acid groups (broad SMARTS) is 1. The molecule has 0 aliphatic heterocycles. The third-order valence-electron chi connectivity index (χ3n) is 2.08. The number of carboxylic acids is 1. The van der Waals surface area contributed by atoms with E-state index in [1.807, 2.05) is 0 Å². The van der Waals surface area contributed by atoms with Crippen LogP contribution in [0.25, 0.3) is 0 Å². The number of hydrogen-bond donors (Lipinski definition) is 1. The molecule has 0 saturated carbocycles. The van der Waals surface area contributed by atoms with E-state index in [0.717, 1.165) is 24.0 Å². The van der Waals surface area contributed by atoms with Crippen molar-refractivity contribution in [3.8, 4) is 5.75 Å². The second kappa shape index (κ2) is 7.17. The molecule has 17 heavy (non-hydrogen) atoms. The molecule has 5 heteroatoms. The van der Waals surface area contributed by atoms with E-state index in [0.29, 0.717) is 6.61 Å². The fourth-order valence-electron chi connectivity index (χ4n) is 1.32. The Kier molecular flexibility index (Phi) is 5.83. The van der Waals surface area contributed by atoms with Crippen LogP contribution < -0.4 is 4.74 Å². The zero-order chi connectivity index (χ0) is 12.7. The Hall–Kier alpha value is -1.23. The SMILES string of the molecule is CCSCCCOc1cccc(F)c1C(=O)O. The largest absolute Gasteiger partial charge is 0.493 e. The van der Waals surface area contributed by atoms with Crippen LogP contribution in [0.2, 0.25) is 0 Å². The van der Waals surface area contributed by atoms with Crippen molar-refractivity contribution in [1.82, 2.24) is 0 Å². The number of thioether (sulfide) groups is 1. The third-order valence-corrected chi connectivity index (χ3v) is 3.07. The lowest BCUT2D eigenvalue weighted by Crippen LogP contribution is -2.07. The van der Waals surface area contributed by atoms with Crippen molar-refractivity contribution >= 4 is 17.7 Å². The van der Waals surface area contributed by atoms with E-state index in [9.17, 15) is 9.18 Å². The number of ether oxygens (including phenoxy) is 1. The van der Waals surface area contributed by atoms with Gasteiger partial charge in [0.15, 0.2) is 0 Å². The maximum Gasteiger partial charge on any atom is 0.342 e. The molecule has 0 spiro atoms. The highest BCUT2D eigenvalue weighted by atomic mass is 32.2. The lowest BCUT2D eigenvalue weighted by molar-refractivity contribution is 0.0687. The molecule has 1 rings (SSSR count). The summed E-state index contributed by atoms with van der Waals surface area (Å²) in [5.41, 5.74) is -0.393. The summed E-state index contributed by atoms with van der Waals surface area (Å²) in [6, 6.07) is 4.03. The van der Waals surface area contributed by atoms with Crippen LogP contribution in [0.4, 0.5) is 4.39 Å². The predicted molar refractivity (Wildman–Crippen MR) is 66.5 cm³/mol. The standard InChI is InChI=1S/C12H15FO3S/c1-2-17-8-4-7-16-10-6-3-5-9(13)11(10)12(14)15/h3,5-6H,2,4,7-8H2,1H3,(H,14,15). The van der Waals surface area contributed by atoms with E-state index in [1.165, 1.54) is 12.1 Å². The molecule has 0 amide bonds. The summed E-state index contributed by atoms with van der Waals surface area (Å²) in [7, 11) is 0. The Labute approximate surface area is 104 Å². The van der Waals surface area contributed by atoms with Gasteiger partial charge in [-0.25, -0.2) is 9.18 Å². The Morgan fingerprint density at radius 1 is 1.53 bits per heavy atom. The molecule has 1 N–H and O–H groups in total. The minimum absolute atomic E-state index is 0.0963. The van der Waals surface area contributed by atoms with Crippen molar-refractivity contribution in [3.05, 3.63) is 29.6 Å². The van der Waals surface area contributed by atoms with Crippen molar-refractivity contribution in [2.45, 2.75) is 13.3 Å². The molecule has 0 aromatic heterocycles. The normalized spacial score (nSPS) is 10.2. The van der Waals surface area contributed by atoms with Gasteiger partial charge in [-0.3, -0.25) is 0 Å². The van der Waals surface area contributed by atoms with Gasteiger partial charge in [0, 0.05) is 0 Å². The van der Waals surface area contributed by atoms with Gasteiger partial charge in [-0.15, -0.1) is 0 Å². The monoisotopic (exact) mass is 258 g/mol. The molecule has 0 atom stereocenters. The van der Waals surface area contributed by atoms with E-state index in [-0.39, 0.29) is 5.75 Å². The van der Waals surface area contributed by atoms with Gasteiger partial charge in [0.25, 0.3) is 0 Å². The molecule has 3 nitrogen and oxygen atoms in total. The fraction of sp³-hybridized carbons (Fsp3) is 0.417. The topological polar surface area (TPSA) is 46.5 Å². The second-order valence-electron chi connectivity index (χ2n) is 3.32. The Morgan fingerprint density at radius 3 is 2.94 bits per heavy atom. The van der Waals surface area contributed by atoms with Crippen LogP contribution in [0.5, 0.6) is 5.75 Å².